The number of carboxylic acid groups (broad SMARTS) is 1. The molecule has 1 saturated heterocycles. The second kappa shape index (κ2) is 8.91. The smallest absolute Gasteiger partial charge is 0.317 e. The van der Waals surface area contributed by atoms with Gasteiger partial charge in [-0.2, -0.15) is 0 Å². The van der Waals surface area contributed by atoms with E-state index >= 15 is 0 Å². The van der Waals surface area contributed by atoms with Gasteiger partial charge in [0, 0.05) is 31.4 Å². The van der Waals surface area contributed by atoms with Gasteiger partial charge in [0.1, 0.15) is 5.75 Å². The van der Waals surface area contributed by atoms with Crippen molar-refractivity contribution in [1.82, 2.24) is 4.90 Å². The molecule has 1 aliphatic rings. The van der Waals surface area contributed by atoms with E-state index in [-0.39, 0.29) is 12.6 Å². The van der Waals surface area contributed by atoms with Gasteiger partial charge in [-0.25, -0.2) is 0 Å². The van der Waals surface area contributed by atoms with Crippen LogP contribution in [0.4, 0.5) is 5.69 Å². The van der Waals surface area contributed by atoms with Gasteiger partial charge in [0.2, 0.25) is 0 Å². The number of anilines is 1. The van der Waals surface area contributed by atoms with Gasteiger partial charge < -0.3 is 14.7 Å². The molecule has 1 aliphatic heterocycles. The molecule has 144 valence electrons. The quantitative estimate of drug-likeness (QED) is 0.810. The molecule has 0 saturated carbocycles. The van der Waals surface area contributed by atoms with Crippen LogP contribution in [0.5, 0.6) is 5.75 Å². The van der Waals surface area contributed by atoms with E-state index in [0.29, 0.717) is 6.54 Å². The summed E-state index contributed by atoms with van der Waals surface area (Å²) in [6.07, 6.45) is 1.93. The highest BCUT2D eigenvalue weighted by atomic mass is 16.5. The Morgan fingerprint density at radius 3 is 2.30 bits per heavy atom. The SMILES string of the molecule is COc1ccc(N2CCC(N(CC(=O)O)Cc3ccc(C)cc3)CC2)cc1. The van der Waals surface area contributed by atoms with Crippen LogP contribution >= 0.6 is 0 Å². The number of ether oxygens (including phenoxy) is 1. The highest BCUT2D eigenvalue weighted by Gasteiger charge is 2.26. The zero-order valence-corrected chi connectivity index (χ0v) is 16.1. The Bertz CT molecular complexity index is 735. The zero-order valence-electron chi connectivity index (χ0n) is 16.1. The minimum absolute atomic E-state index is 0.0844. The van der Waals surface area contributed by atoms with Gasteiger partial charge in [0.25, 0.3) is 0 Å². The molecule has 1 N–H and O–H groups in total. The van der Waals surface area contributed by atoms with E-state index in [1.165, 1.54) is 16.8 Å². The predicted molar refractivity (Wildman–Crippen MR) is 107 cm³/mol. The molecule has 0 aromatic heterocycles. The summed E-state index contributed by atoms with van der Waals surface area (Å²) in [4.78, 5) is 15.9. The molecule has 0 atom stereocenters. The van der Waals surface area contributed by atoms with E-state index in [2.05, 4.69) is 53.1 Å². The Labute approximate surface area is 161 Å². The van der Waals surface area contributed by atoms with Crippen LogP contribution < -0.4 is 9.64 Å². The number of methoxy groups -OCH3 is 1. The van der Waals surface area contributed by atoms with Crippen LogP contribution in [0.25, 0.3) is 0 Å². The van der Waals surface area contributed by atoms with Gasteiger partial charge >= 0.3 is 5.97 Å². The average Bonchev–Trinajstić information content (AvgIpc) is 2.69. The number of nitrogens with zero attached hydrogens (tertiary/aromatic N) is 2. The molecule has 0 amide bonds. The van der Waals surface area contributed by atoms with E-state index in [9.17, 15) is 9.90 Å². The van der Waals surface area contributed by atoms with E-state index in [4.69, 9.17) is 4.74 Å². The van der Waals surface area contributed by atoms with Crippen molar-refractivity contribution in [2.75, 3.05) is 31.6 Å². The lowest BCUT2D eigenvalue weighted by atomic mass is 10.0. The maximum absolute atomic E-state index is 11.4. The molecular formula is C22H28N2O3. The summed E-state index contributed by atoms with van der Waals surface area (Å²) >= 11 is 0. The molecule has 5 nitrogen and oxygen atoms in total. The van der Waals surface area contributed by atoms with Crippen LogP contribution in [0.1, 0.15) is 24.0 Å². The fourth-order valence-corrected chi connectivity index (χ4v) is 3.70. The topological polar surface area (TPSA) is 53.0 Å². The number of carboxylic acids is 1. The first kappa shape index (κ1) is 19.2. The maximum Gasteiger partial charge on any atom is 0.317 e. The van der Waals surface area contributed by atoms with Gasteiger partial charge in [0.05, 0.1) is 13.7 Å². The lowest BCUT2D eigenvalue weighted by Gasteiger charge is -2.39. The molecule has 0 aliphatic carbocycles. The molecule has 3 rings (SSSR count). The first-order chi connectivity index (χ1) is 13.0. The Hall–Kier alpha value is -2.53. The second-order valence-corrected chi connectivity index (χ2v) is 7.20. The number of hydrogen-bond acceptors (Lipinski definition) is 4. The van der Waals surface area contributed by atoms with E-state index in [0.717, 1.165) is 31.7 Å². The van der Waals surface area contributed by atoms with Crippen molar-refractivity contribution < 1.29 is 14.6 Å². The predicted octanol–water partition coefficient (Wildman–Crippen LogP) is 3.56. The third-order valence-electron chi connectivity index (χ3n) is 5.26. The minimum atomic E-state index is -0.764. The van der Waals surface area contributed by atoms with Gasteiger partial charge in [-0.1, -0.05) is 29.8 Å². The van der Waals surface area contributed by atoms with Gasteiger partial charge in [-0.05, 0) is 49.6 Å². The monoisotopic (exact) mass is 368 g/mol. The van der Waals surface area contributed by atoms with Crippen molar-refractivity contribution in [2.45, 2.75) is 32.4 Å². The molecule has 0 unspecified atom stereocenters. The molecule has 0 spiro atoms. The maximum atomic E-state index is 11.4. The Balaban J connectivity index is 1.62. The summed E-state index contributed by atoms with van der Waals surface area (Å²) in [6, 6.07) is 16.8. The summed E-state index contributed by atoms with van der Waals surface area (Å²) in [5.41, 5.74) is 3.58. The fourth-order valence-electron chi connectivity index (χ4n) is 3.70. The molecule has 27 heavy (non-hydrogen) atoms. The Kier molecular flexibility index (Phi) is 6.35. The van der Waals surface area contributed by atoms with Gasteiger partial charge in [0.15, 0.2) is 0 Å². The molecule has 2 aromatic rings. The highest BCUT2D eigenvalue weighted by Crippen LogP contribution is 2.25. The lowest BCUT2D eigenvalue weighted by Crippen LogP contribution is -2.46. The van der Waals surface area contributed by atoms with E-state index in [1.54, 1.807) is 7.11 Å². The summed E-state index contributed by atoms with van der Waals surface area (Å²) in [6.45, 7) is 4.69. The van der Waals surface area contributed by atoms with E-state index < -0.39 is 5.97 Å². The molecule has 5 heteroatoms. The third kappa shape index (κ3) is 5.23. The third-order valence-corrected chi connectivity index (χ3v) is 5.26. The molecule has 1 fully saturated rings. The van der Waals surface area contributed by atoms with Crippen LogP contribution in [0.3, 0.4) is 0 Å². The number of hydrogen-bond donors (Lipinski definition) is 1. The molecular weight excluding hydrogens is 340 g/mol. The summed E-state index contributed by atoms with van der Waals surface area (Å²) in [7, 11) is 1.67. The highest BCUT2D eigenvalue weighted by molar-refractivity contribution is 5.69. The number of aliphatic carboxylic acids is 1. The molecule has 2 aromatic carbocycles. The molecule has 0 radical (unpaired) electrons. The van der Waals surface area contributed by atoms with E-state index in [1.807, 2.05) is 12.1 Å². The number of benzene rings is 2. The molecule has 0 bridgehead atoms. The first-order valence-corrected chi connectivity index (χ1v) is 9.45. The van der Waals surface area contributed by atoms with Crippen molar-refractivity contribution in [1.29, 1.82) is 0 Å². The largest absolute Gasteiger partial charge is 0.497 e. The van der Waals surface area contributed by atoms with Crippen LogP contribution in [0.2, 0.25) is 0 Å². The Morgan fingerprint density at radius 1 is 1.11 bits per heavy atom. The van der Waals surface area contributed by atoms with Gasteiger partial charge in [-0.15, -0.1) is 0 Å². The summed E-state index contributed by atoms with van der Waals surface area (Å²) < 4.78 is 5.23. The second-order valence-electron chi connectivity index (χ2n) is 7.20. The Morgan fingerprint density at radius 2 is 1.74 bits per heavy atom. The standard InChI is InChI=1S/C22H28N2O3/c1-17-3-5-18(6-4-17)15-24(16-22(25)26)20-11-13-23(14-12-20)19-7-9-21(27-2)10-8-19/h3-10,20H,11-16H2,1-2H3,(H,25,26). The fraction of sp³-hybridized carbons (Fsp3) is 0.409. The number of carbonyl (C=O) groups is 1. The van der Waals surface area contributed by atoms with Crippen molar-refractivity contribution in [3.63, 3.8) is 0 Å². The number of piperidine rings is 1. The first-order valence-electron chi connectivity index (χ1n) is 9.45. The van der Waals surface area contributed by atoms with Crippen molar-refractivity contribution in [3.8, 4) is 5.75 Å². The molecule has 1 heterocycles. The summed E-state index contributed by atoms with van der Waals surface area (Å²) in [5, 5.41) is 9.35. The number of rotatable bonds is 7. The van der Waals surface area contributed by atoms with Gasteiger partial charge in [-0.3, -0.25) is 9.69 Å². The van der Waals surface area contributed by atoms with Crippen LogP contribution in [0.15, 0.2) is 48.5 Å². The van der Waals surface area contributed by atoms with Crippen LogP contribution in [-0.2, 0) is 11.3 Å². The van der Waals surface area contributed by atoms with Crippen molar-refractivity contribution >= 4 is 11.7 Å². The zero-order chi connectivity index (χ0) is 19.2. The van der Waals surface area contributed by atoms with Crippen LogP contribution in [-0.4, -0.2) is 48.8 Å². The normalized spacial score (nSPS) is 15.1. The lowest BCUT2D eigenvalue weighted by molar-refractivity contribution is -0.139. The number of aryl methyl sites for hydroxylation is 1. The minimum Gasteiger partial charge on any atom is -0.497 e. The summed E-state index contributed by atoms with van der Waals surface area (Å²) in [5.74, 6) is 0.0964. The average molecular weight is 368 g/mol. The van der Waals surface area contributed by atoms with Crippen molar-refractivity contribution in [3.05, 3.63) is 59.7 Å². The van der Waals surface area contributed by atoms with Crippen molar-refractivity contribution in [2.24, 2.45) is 0 Å². The van der Waals surface area contributed by atoms with Crippen LogP contribution in [0, 0.1) is 6.92 Å².